The zero-order chi connectivity index (χ0) is 12.0. The molecule has 0 fully saturated rings. The third kappa shape index (κ3) is 64.3. The van der Waals surface area contributed by atoms with Crippen molar-refractivity contribution in [2.75, 3.05) is 27.4 Å². The molecular formula is C9H22O5. The third-order valence-corrected chi connectivity index (χ3v) is 0.683. The van der Waals surface area contributed by atoms with Crippen molar-refractivity contribution in [2.24, 2.45) is 5.92 Å². The molecule has 0 aromatic carbocycles. The van der Waals surface area contributed by atoms with Gasteiger partial charge in [-0.3, -0.25) is 4.79 Å². The molecule has 0 spiro atoms. The second-order valence-corrected chi connectivity index (χ2v) is 2.85. The summed E-state index contributed by atoms with van der Waals surface area (Å²) in [5.41, 5.74) is 0. The van der Waals surface area contributed by atoms with Gasteiger partial charge in [0.2, 0.25) is 0 Å². The molecule has 5 nitrogen and oxygen atoms in total. The van der Waals surface area contributed by atoms with Gasteiger partial charge in [-0.25, -0.2) is 0 Å². The highest BCUT2D eigenvalue weighted by atomic mass is 16.4. The number of hydrogen-bond donors (Lipinski definition) is 3. The first-order valence-corrected chi connectivity index (χ1v) is 4.29. The highest BCUT2D eigenvalue weighted by Gasteiger charge is 1.98. The Bertz CT molecular complexity index is 101. The summed E-state index contributed by atoms with van der Waals surface area (Å²) < 4.78 is 4.25. The molecule has 88 valence electrons. The predicted molar refractivity (Wildman–Crippen MR) is 54.2 cm³/mol. The Kier molecular flexibility index (Phi) is 24.7. The highest BCUT2D eigenvalue weighted by Crippen LogP contribution is 1.96. The topological polar surface area (TPSA) is 87.0 Å². The van der Waals surface area contributed by atoms with Crippen LogP contribution < -0.4 is 0 Å². The van der Waals surface area contributed by atoms with E-state index in [1.54, 1.807) is 14.2 Å². The number of rotatable bonds is 3. The zero-order valence-corrected chi connectivity index (χ0v) is 9.36. The van der Waals surface area contributed by atoms with Gasteiger partial charge in [0.1, 0.15) is 0 Å². The molecule has 0 saturated heterocycles. The van der Waals surface area contributed by atoms with E-state index in [9.17, 15) is 4.79 Å². The summed E-state index contributed by atoms with van der Waals surface area (Å²) >= 11 is 0. The van der Waals surface area contributed by atoms with Gasteiger partial charge in [0.05, 0.1) is 13.2 Å². The Hall–Kier alpha value is -0.650. The van der Waals surface area contributed by atoms with Gasteiger partial charge < -0.3 is 20.1 Å². The smallest absolute Gasteiger partial charge is 0.303 e. The van der Waals surface area contributed by atoms with E-state index < -0.39 is 5.97 Å². The first kappa shape index (κ1) is 19.0. The number of aliphatic hydroxyl groups excluding tert-OH is 2. The normalized spacial score (nSPS) is 8.21. The van der Waals surface area contributed by atoms with Crippen molar-refractivity contribution in [1.29, 1.82) is 0 Å². The van der Waals surface area contributed by atoms with Crippen LogP contribution in [0.25, 0.3) is 0 Å². The lowest BCUT2D eigenvalue weighted by atomic mass is 10.1. The Morgan fingerprint density at radius 2 is 1.50 bits per heavy atom. The van der Waals surface area contributed by atoms with Crippen LogP contribution in [0.5, 0.6) is 0 Å². The molecule has 14 heavy (non-hydrogen) atoms. The number of aliphatic carboxylic acids is 1. The van der Waals surface area contributed by atoms with Crippen molar-refractivity contribution < 1.29 is 24.9 Å². The van der Waals surface area contributed by atoms with Gasteiger partial charge in [0.25, 0.3) is 0 Å². The molecule has 3 N–H and O–H groups in total. The van der Waals surface area contributed by atoms with Gasteiger partial charge in [0.15, 0.2) is 0 Å². The second-order valence-electron chi connectivity index (χ2n) is 2.85. The number of carbonyl (C=O) groups is 1. The van der Waals surface area contributed by atoms with Crippen LogP contribution >= 0.6 is 0 Å². The van der Waals surface area contributed by atoms with Crippen molar-refractivity contribution in [3.63, 3.8) is 0 Å². The van der Waals surface area contributed by atoms with Crippen LogP contribution in [-0.2, 0) is 9.53 Å². The lowest BCUT2D eigenvalue weighted by Gasteiger charge is -1.94. The standard InChI is InChI=1S/C5H10O2.C2H6O2.C2H6O/c1-4(2)3-5(6)7;3-1-2-4;1-3-2/h4H,3H2,1-2H3,(H,6,7);3-4H,1-2H2;1-2H3. The SMILES string of the molecule is CC(C)CC(=O)O.COC.OCCO. The number of carboxylic acids is 1. The average Bonchev–Trinajstić information content (AvgIpc) is 2.04. The number of methoxy groups -OCH3 is 1. The first-order chi connectivity index (χ1) is 6.45. The minimum Gasteiger partial charge on any atom is -0.481 e. The van der Waals surface area contributed by atoms with Crippen molar-refractivity contribution in [2.45, 2.75) is 20.3 Å². The molecule has 0 aliphatic carbocycles. The summed E-state index contributed by atoms with van der Waals surface area (Å²) in [4.78, 5) is 9.81. The van der Waals surface area contributed by atoms with Crippen LogP contribution in [0.4, 0.5) is 0 Å². The summed E-state index contributed by atoms with van der Waals surface area (Å²) in [7, 11) is 3.25. The molecule has 0 saturated carbocycles. The van der Waals surface area contributed by atoms with Gasteiger partial charge in [0, 0.05) is 20.6 Å². The molecule has 0 aliphatic rings. The maximum absolute atomic E-state index is 9.81. The fraction of sp³-hybridized carbons (Fsp3) is 0.889. The van der Waals surface area contributed by atoms with Gasteiger partial charge in [-0.1, -0.05) is 13.8 Å². The Morgan fingerprint density at radius 1 is 1.21 bits per heavy atom. The maximum Gasteiger partial charge on any atom is 0.303 e. The molecule has 0 amide bonds. The molecule has 0 rings (SSSR count). The van der Waals surface area contributed by atoms with E-state index in [-0.39, 0.29) is 25.6 Å². The average molecular weight is 210 g/mol. The lowest BCUT2D eigenvalue weighted by molar-refractivity contribution is -0.137. The summed E-state index contributed by atoms with van der Waals surface area (Å²) in [6.45, 7) is 3.52. The lowest BCUT2D eigenvalue weighted by Crippen LogP contribution is -1.99. The quantitative estimate of drug-likeness (QED) is 0.625. The Labute approximate surface area is 85.3 Å². The molecule has 0 radical (unpaired) electrons. The monoisotopic (exact) mass is 210 g/mol. The van der Waals surface area contributed by atoms with Crippen LogP contribution in [0, 0.1) is 5.92 Å². The van der Waals surface area contributed by atoms with Crippen LogP contribution in [0.2, 0.25) is 0 Å². The van der Waals surface area contributed by atoms with Crippen molar-refractivity contribution in [1.82, 2.24) is 0 Å². The van der Waals surface area contributed by atoms with Crippen LogP contribution in [0.1, 0.15) is 20.3 Å². The van der Waals surface area contributed by atoms with E-state index in [0.29, 0.717) is 0 Å². The van der Waals surface area contributed by atoms with Crippen molar-refractivity contribution in [3.05, 3.63) is 0 Å². The zero-order valence-electron chi connectivity index (χ0n) is 9.36. The maximum atomic E-state index is 9.81. The minimum atomic E-state index is -0.713. The molecular weight excluding hydrogens is 188 g/mol. The van der Waals surface area contributed by atoms with Gasteiger partial charge in [-0.2, -0.15) is 0 Å². The Morgan fingerprint density at radius 3 is 1.50 bits per heavy atom. The van der Waals surface area contributed by atoms with Crippen molar-refractivity contribution in [3.8, 4) is 0 Å². The largest absolute Gasteiger partial charge is 0.481 e. The molecule has 0 aromatic rings. The number of carboxylic acid groups (broad SMARTS) is 1. The number of ether oxygens (including phenoxy) is 1. The molecule has 5 heteroatoms. The van der Waals surface area contributed by atoms with Gasteiger partial charge in [-0.05, 0) is 5.92 Å². The first-order valence-electron chi connectivity index (χ1n) is 4.29. The number of hydrogen-bond acceptors (Lipinski definition) is 4. The Balaban J connectivity index is -0.000000147. The fourth-order valence-electron chi connectivity index (χ4n) is 0.349. The number of aliphatic hydroxyl groups is 2. The van der Waals surface area contributed by atoms with Gasteiger partial charge in [-0.15, -0.1) is 0 Å². The van der Waals surface area contributed by atoms with Crippen LogP contribution in [0.15, 0.2) is 0 Å². The van der Waals surface area contributed by atoms with E-state index >= 15 is 0 Å². The predicted octanol–water partition coefficient (Wildman–Crippen LogP) is 0.351. The molecule has 0 bridgehead atoms. The van der Waals surface area contributed by atoms with E-state index in [4.69, 9.17) is 15.3 Å². The van der Waals surface area contributed by atoms with E-state index in [0.717, 1.165) is 0 Å². The van der Waals surface area contributed by atoms with Crippen molar-refractivity contribution >= 4 is 5.97 Å². The summed E-state index contributed by atoms with van der Waals surface area (Å²) in [6.07, 6.45) is 0.278. The minimum absolute atomic E-state index is 0.125. The van der Waals surface area contributed by atoms with E-state index in [1.807, 2.05) is 13.8 Å². The summed E-state index contributed by atoms with van der Waals surface area (Å²) in [6, 6.07) is 0. The molecule has 0 unspecified atom stereocenters. The van der Waals surface area contributed by atoms with Crippen LogP contribution in [-0.4, -0.2) is 48.7 Å². The van der Waals surface area contributed by atoms with Gasteiger partial charge >= 0.3 is 5.97 Å². The fourth-order valence-corrected chi connectivity index (χ4v) is 0.349. The van der Waals surface area contributed by atoms with E-state index in [2.05, 4.69) is 4.74 Å². The van der Waals surface area contributed by atoms with Crippen LogP contribution in [0.3, 0.4) is 0 Å². The highest BCUT2D eigenvalue weighted by molar-refractivity contribution is 5.66. The summed E-state index contributed by atoms with van der Waals surface area (Å²) in [5.74, 6) is -0.438. The molecule has 0 atom stereocenters. The summed E-state index contributed by atoms with van der Waals surface area (Å²) in [5, 5.41) is 23.3. The second kappa shape index (κ2) is 18.2. The van der Waals surface area contributed by atoms with E-state index in [1.165, 1.54) is 0 Å². The molecule has 0 heterocycles. The molecule has 0 aliphatic heterocycles. The molecule has 0 aromatic heterocycles. The third-order valence-electron chi connectivity index (χ3n) is 0.683.